The summed E-state index contributed by atoms with van der Waals surface area (Å²) in [4.78, 5) is 23.4. The summed E-state index contributed by atoms with van der Waals surface area (Å²) < 4.78 is 10.6. The van der Waals surface area contributed by atoms with E-state index in [9.17, 15) is 9.59 Å². The Labute approximate surface area is 106 Å². The molecule has 2 bridgehead atoms. The Hall–Kier alpha value is -1.32. The van der Waals surface area contributed by atoms with Gasteiger partial charge in [-0.25, -0.2) is 4.79 Å². The van der Waals surface area contributed by atoms with E-state index in [1.165, 1.54) is 0 Å². The highest BCUT2D eigenvalue weighted by atomic mass is 16.5. The third kappa shape index (κ3) is 1.51. The molecule has 98 valence electrons. The number of fused-ring (bicyclic) bond motifs is 3. The summed E-state index contributed by atoms with van der Waals surface area (Å²) in [5, 5.41) is 0. The van der Waals surface area contributed by atoms with Crippen LogP contribution in [0.15, 0.2) is 12.2 Å². The van der Waals surface area contributed by atoms with Gasteiger partial charge < -0.3 is 9.47 Å². The number of hydrogen-bond donors (Lipinski definition) is 0. The fourth-order valence-corrected chi connectivity index (χ4v) is 3.90. The maximum atomic E-state index is 11.9. The SMILES string of the molecule is C=C(C)C(=O)OC1CC2CC1CC21CCOC1=O. The molecule has 18 heavy (non-hydrogen) atoms. The summed E-state index contributed by atoms with van der Waals surface area (Å²) in [6, 6.07) is 0. The summed E-state index contributed by atoms with van der Waals surface area (Å²) in [6.07, 6.45) is 3.43. The minimum absolute atomic E-state index is 0.0281. The Morgan fingerprint density at radius 2 is 2.28 bits per heavy atom. The van der Waals surface area contributed by atoms with E-state index >= 15 is 0 Å². The van der Waals surface area contributed by atoms with Gasteiger partial charge >= 0.3 is 11.9 Å². The molecular formula is C14H18O4. The molecule has 2 saturated carbocycles. The summed E-state index contributed by atoms with van der Waals surface area (Å²) in [6.45, 7) is 5.81. The molecule has 1 heterocycles. The van der Waals surface area contributed by atoms with E-state index in [4.69, 9.17) is 9.47 Å². The van der Waals surface area contributed by atoms with Gasteiger partial charge in [-0.15, -0.1) is 0 Å². The van der Waals surface area contributed by atoms with Crippen molar-refractivity contribution in [3.8, 4) is 0 Å². The van der Waals surface area contributed by atoms with Gasteiger partial charge in [-0.3, -0.25) is 4.79 Å². The fourth-order valence-electron chi connectivity index (χ4n) is 3.90. The van der Waals surface area contributed by atoms with Crippen molar-refractivity contribution >= 4 is 11.9 Å². The highest BCUT2D eigenvalue weighted by molar-refractivity contribution is 5.87. The van der Waals surface area contributed by atoms with E-state index in [-0.39, 0.29) is 23.5 Å². The molecule has 2 aliphatic carbocycles. The van der Waals surface area contributed by atoms with Gasteiger partial charge in [0.15, 0.2) is 0 Å². The maximum absolute atomic E-state index is 11.9. The van der Waals surface area contributed by atoms with Crippen molar-refractivity contribution in [1.82, 2.24) is 0 Å². The molecule has 1 aliphatic heterocycles. The lowest BCUT2D eigenvalue weighted by Crippen LogP contribution is -2.37. The Morgan fingerprint density at radius 3 is 2.78 bits per heavy atom. The zero-order chi connectivity index (χ0) is 12.9. The second-order valence-corrected chi connectivity index (χ2v) is 5.90. The van der Waals surface area contributed by atoms with E-state index in [1.807, 2.05) is 0 Å². The lowest BCUT2D eigenvalue weighted by Gasteiger charge is -2.33. The maximum Gasteiger partial charge on any atom is 0.333 e. The molecule has 0 radical (unpaired) electrons. The number of cyclic esters (lactones) is 1. The first-order chi connectivity index (χ1) is 8.53. The average Bonchev–Trinajstić information content (AvgIpc) is 2.96. The Morgan fingerprint density at radius 1 is 1.50 bits per heavy atom. The zero-order valence-electron chi connectivity index (χ0n) is 10.6. The number of hydrogen-bond acceptors (Lipinski definition) is 4. The summed E-state index contributed by atoms with van der Waals surface area (Å²) in [7, 11) is 0. The van der Waals surface area contributed by atoms with Crippen molar-refractivity contribution in [2.45, 2.75) is 38.7 Å². The fraction of sp³-hybridized carbons (Fsp3) is 0.714. The smallest absolute Gasteiger partial charge is 0.333 e. The predicted molar refractivity (Wildman–Crippen MR) is 63.5 cm³/mol. The Bertz CT molecular complexity index is 428. The molecule has 4 nitrogen and oxygen atoms in total. The summed E-state index contributed by atoms with van der Waals surface area (Å²) in [5.74, 6) is 0.319. The number of carbonyl (C=O) groups excluding carboxylic acids is 2. The van der Waals surface area contributed by atoms with Gasteiger partial charge in [0.05, 0.1) is 12.0 Å². The number of esters is 2. The molecule has 4 heteroatoms. The summed E-state index contributed by atoms with van der Waals surface area (Å²) >= 11 is 0. The van der Waals surface area contributed by atoms with Crippen molar-refractivity contribution in [2.24, 2.45) is 17.3 Å². The molecule has 1 saturated heterocycles. The van der Waals surface area contributed by atoms with Crippen LogP contribution in [0.2, 0.25) is 0 Å². The van der Waals surface area contributed by atoms with Crippen LogP contribution in [0.4, 0.5) is 0 Å². The average molecular weight is 250 g/mol. The zero-order valence-corrected chi connectivity index (χ0v) is 10.6. The molecule has 0 aromatic carbocycles. The van der Waals surface area contributed by atoms with Crippen LogP contribution in [0.25, 0.3) is 0 Å². The molecule has 4 unspecified atom stereocenters. The van der Waals surface area contributed by atoms with Gasteiger partial charge in [0.1, 0.15) is 6.10 Å². The van der Waals surface area contributed by atoms with Gasteiger partial charge in [0, 0.05) is 5.57 Å². The second-order valence-electron chi connectivity index (χ2n) is 5.90. The third-order valence-corrected chi connectivity index (χ3v) is 4.83. The molecule has 3 fully saturated rings. The van der Waals surface area contributed by atoms with Crippen LogP contribution in [0.1, 0.15) is 32.6 Å². The Balaban J connectivity index is 1.69. The van der Waals surface area contributed by atoms with Gasteiger partial charge in [-0.1, -0.05) is 6.58 Å². The van der Waals surface area contributed by atoms with Gasteiger partial charge in [0.25, 0.3) is 0 Å². The molecule has 0 aromatic rings. The molecule has 1 spiro atoms. The highest BCUT2D eigenvalue weighted by Crippen LogP contribution is 2.60. The first kappa shape index (κ1) is 11.8. The normalized spacial score (nSPS) is 41.2. The monoisotopic (exact) mass is 250 g/mol. The van der Waals surface area contributed by atoms with Crippen LogP contribution in [0, 0.1) is 17.3 Å². The van der Waals surface area contributed by atoms with Gasteiger partial charge in [-0.05, 0) is 44.4 Å². The number of carbonyl (C=O) groups is 2. The molecule has 0 amide bonds. The van der Waals surface area contributed by atoms with E-state index in [1.54, 1.807) is 6.92 Å². The minimum Gasteiger partial charge on any atom is -0.465 e. The van der Waals surface area contributed by atoms with Crippen molar-refractivity contribution < 1.29 is 19.1 Å². The van der Waals surface area contributed by atoms with E-state index in [0.29, 0.717) is 24.0 Å². The highest BCUT2D eigenvalue weighted by Gasteiger charge is 2.62. The number of rotatable bonds is 2. The number of ether oxygens (including phenoxy) is 2. The largest absolute Gasteiger partial charge is 0.465 e. The summed E-state index contributed by atoms with van der Waals surface area (Å²) in [5.41, 5.74) is 0.185. The van der Waals surface area contributed by atoms with Crippen LogP contribution in [-0.4, -0.2) is 24.6 Å². The molecule has 3 rings (SSSR count). The van der Waals surface area contributed by atoms with Crippen molar-refractivity contribution in [3.63, 3.8) is 0 Å². The van der Waals surface area contributed by atoms with E-state index in [0.717, 1.165) is 25.7 Å². The molecule has 0 aromatic heterocycles. The molecule has 0 N–H and O–H groups in total. The van der Waals surface area contributed by atoms with Crippen molar-refractivity contribution in [3.05, 3.63) is 12.2 Å². The first-order valence-corrected chi connectivity index (χ1v) is 6.56. The minimum atomic E-state index is -0.310. The molecule has 3 aliphatic rings. The first-order valence-electron chi connectivity index (χ1n) is 6.56. The van der Waals surface area contributed by atoms with Crippen molar-refractivity contribution in [1.29, 1.82) is 0 Å². The van der Waals surface area contributed by atoms with E-state index < -0.39 is 0 Å². The van der Waals surface area contributed by atoms with Gasteiger partial charge in [-0.2, -0.15) is 0 Å². The van der Waals surface area contributed by atoms with E-state index in [2.05, 4.69) is 6.58 Å². The quantitative estimate of drug-likeness (QED) is 0.554. The lowest BCUT2D eigenvalue weighted by molar-refractivity contribution is -0.153. The van der Waals surface area contributed by atoms with Crippen LogP contribution >= 0.6 is 0 Å². The lowest BCUT2D eigenvalue weighted by atomic mass is 9.71. The third-order valence-electron chi connectivity index (χ3n) is 4.83. The van der Waals surface area contributed by atoms with Crippen molar-refractivity contribution in [2.75, 3.05) is 6.61 Å². The van der Waals surface area contributed by atoms with Crippen LogP contribution in [-0.2, 0) is 19.1 Å². The standard InChI is InChI=1S/C14H18O4/c1-8(2)12(15)18-11-6-10-5-9(11)7-14(10)3-4-17-13(14)16/h9-11H,1,3-7H2,2H3. The Kier molecular flexibility index (Phi) is 2.50. The predicted octanol–water partition coefficient (Wildman–Crippen LogP) is 1.84. The van der Waals surface area contributed by atoms with Gasteiger partial charge in [0.2, 0.25) is 0 Å². The van der Waals surface area contributed by atoms with Crippen LogP contribution < -0.4 is 0 Å². The van der Waals surface area contributed by atoms with Crippen LogP contribution in [0.5, 0.6) is 0 Å². The second kappa shape index (κ2) is 3.84. The topological polar surface area (TPSA) is 52.6 Å². The molecular weight excluding hydrogens is 232 g/mol. The molecule has 4 atom stereocenters. The van der Waals surface area contributed by atoms with Crippen LogP contribution in [0.3, 0.4) is 0 Å².